The van der Waals surface area contributed by atoms with Gasteiger partial charge in [-0.25, -0.2) is 4.39 Å². The van der Waals surface area contributed by atoms with Gasteiger partial charge in [0.05, 0.1) is 14.2 Å². The van der Waals surface area contributed by atoms with Gasteiger partial charge in [-0.1, -0.05) is 24.3 Å². The van der Waals surface area contributed by atoms with Crippen molar-refractivity contribution in [1.82, 2.24) is 5.32 Å². The maximum atomic E-state index is 13.1. The first kappa shape index (κ1) is 19.4. The largest absolute Gasteiger partial charge is 0.496 e. The lowest BCUT2D eigenvalue weighted by Gasteiger charge is -2.14. The second-order valence-corrected chi connectivity index (χ2v) is 5.96. The first-order valence-electron chi connectivity index (χ1n) is 8.23. The second kappa shape index (κ2) is 9.53. The zero-order chi connectivity index (χ0) is 18.9. The molecule has 2 rings (SSSR count). The van der Waals surface area contributed by atoms with Crippen molar-refractivity contribution in [2.45, 2.75) is 6.54 Å². The summed E-state index contributed by atoms with van der Waals surface area (Å²) >= 11 is 0. The molecule has 1 atom stereocenters. The van der Waals surface area contributed by atoms with Crippen LogP contribution in [0.1, 0.15) is 5.56 Å². The Bertz CT molecular complexity index is 767. The van der Waals surface area contributed by atoms with Crippen molar-refractivity contribution in [2.75, 3.05) is 32.6 Å². The molecule has 0 fully saturated rings. The molecule has 0 aromatic heterocycles. The van der Waals surface area contributed by atoms with Crippen LogP contribution in [-0.2, 0) is 16.1 Å². The fraction of sp³-hybridized carbons (Fsp3) is 0.263. The van der Waals surface area contributed by atoms with Crippen molar-refractivity contribution < 1.29 is 23.6 Å². The van der Waals surface area contributed by atoms with E-state index >= 15 is 0 Å². The molecule has 2 amide bonds. The quantitative estimate of drug-likeness (QED) is 0.646. The number of hydrogen-bond acceptors (Lipinski definition) is 3. The summed E-state index contributed by atoms with van der Waals surface area (Å²) in [4.78, 5) is 24.8. The molecule has 7 heteroatoms. The van der Waals surface area contributed by atoms with Gasteiger partial charge in [0.1, 0.15) is 11.6 Å². The Morgan fingerprint density at radius 1 is 1.08 bits per heavy atom. The highest BCUT2D eigenvalue weighted by atomic mass is 19.1. The van der Waals surface area contributed by atoms with Gasteiger partial charge in [-0.2, -0.15) is 0 Å². The number of methoxy groups -OCH3 is 1. The van der Waals surface area contributed by atoms with Crippen LogP contribution in [0.15, 0.2) is 48.5 Å². The summed E-state index contributed by atoms with van der Waals surface area (Å²) in [7, 11) is 3.32. The Hall–Kier alpha value is -2.93. The number of anilines is 1. The van der Waals surface area contributed by atoms with E-state index in [0.29, 0.717) is 18.0 Å². The molecular formula is C19H23FN3O3+. The topological polar surface area (TPSA) is 71.9 Å². The maximum absolute atomic E-state index is 13.1. The molecule has 0 spiro atoms. The molecule has 0 saturated carbocycles. The Balaban J connectivity index is 1.77. The fourth-order valence-electron chi connectivity index (χ4n) is 2.49. The van der Waals surface area contributed by atoms with Gasteiger partial charge in [0.25, 0.3) is 11.8 Å². The van der Waals surface area contributed by atoms with Crippen molar-refractivity contribution in [3.05, 3.63) is 59.9 Å². The first-order valence-corrected chi connectivity index (χ1v) is 8.23. The van der Waals surface area contributed by atoms with E-state index in [0.717, 1.165) is 10.5 Å². The standard InChI is InChI=1S/C19H22FN3O3/c1-23(13-19(25)22-16-8-5-7-15(20)10-16)12-18(24)21-11-14-6-3-4-9-17(14)26-2/h3-10H,11-13H2,1-2H3,(H,21,24)(H,22,25)/p+1. The van der Waals surface area contributed by atoms with Gasteiger partial charge in [0.2, 0.25) is 0 Å². The normalized spacial score (nSPS) is 11.5. The molecule has 0 aliphatic carbocycles. The Morgan fingerprint density at radius 2 is 1.81 bits per heavy atom. The predicted molar refractivity (Wildman–Crippen MR) is 96.5 cm³/mol. The highest BCUT2D eigenvalue weighted by Gasteiger charge is 2.15. The van der Waals surface area contributed by atoms with Gasteiger partial charge < -0.3 is 20.3 Å². The van der Waals surface area contributed by atoms with Crippen LogP contribution in [-0.4, -0.2) is 39.1 Å². The molecule has 1 unspecified atom stereocenters. The number of benzene rings is 2. The Morgan fingerprint density at radius 3 is 2.54 bits per heavy atom. The van der Waals surface area contributed by atoms with Gasteiger partial charge >= 0.3 is 0 Å². The second-order valence-electron chi connectivity index (χ2n) is 5.96. The van der Waals surface area contributed by atoms with E-state index in [1.54, 1.807) is 20.2 Å². The SMILES string of the molecule is COc1ccccc1CNC(=O)C[NH+](C)CC(=O)Nc1cccc(F)c1. The van der Waals surface area contributed by atoms with Crippen LogP contribution >= 0.6 is 0 Å². The summed E-state index contributed by atoms with van der Waals surface area (Å²) in [6.45, 7) is 0.593. The minimum atomic E-state index is -0.417. The van der Waals surface area contributed by atoms with Crippen molar-refractivity contribution in [1.29, 1.82) is 0 Å². The number of ether oxygens (including phenoxy) is 1. The van der Waals surface area contributed by atoms with Crippen molar-refractivity contribution in [3.8, 4) is 5.75 Å². The average molecular weight is 360 g/mol. The van der Waals surface area contributed by atoms with Crippen molar-refractivity contribution >= 4 is 17.5 Å². The molecular weight excluding hydrogens is 337 g/mol. The van der Waals surface area contributed by atoms with E-state index in [9.17, 15) is 14.0 Å². The zero-order valence-electron chi connectivity index (χ0n) is 14.8. The number of para-hydroxylation sites is 1. The molecule has 138 valence electrons. The lowest BCUT2D eigenvalue weighted by Crippen LogP contribution is -3.11. The number of likely N-dealkylation sites (N-methyl/N-ethyl adjacent to an activating group) is 1. The number of nitrogens with one attached hydrogen (secondary N) is 3. The summed E-state index contributed by atoms with van der Waals surface area (Å²) in [6.07, 6.45) is 0. The summed E-state index contributed by atoms with van der Waals surface area (Å²) in [5, 5.41) is 5.43. The van der Waals surface area contributed by atoms with Gasteiger partial charge in [-0.05, 0) is 24.3 Å². The summed E-state index contributed by atoms with van der Waals surface area (Å²) in [6, 6.07) is 13.1. The smallest absolute Gasteiger partial charge is 0.279 e. The van der Waals surface area contributed by atoms with E-state index in [1.807, 2.05) is 24.3 Å². The van der Waals surface area contributed by atoms with E-state index < -0.39 is 5.82 Å². The molecule has 0 bridgehead atoms. The predicted octanol–water partition coefficient (Wildman–Crippen LogP) is 0.604. The van der Waals surface area contributed by atoms with E-state index in [2.05, 4.69) is 10.6 Å². The third-order valence-corrected chi connectivity index (χ3v) is 3.70. The van der Waals surface area contributed by atoms with Crippen LogP contribution in [0.4, 0.5) is 10.1 Å². The number of carbonyl (C=O) groups excluding carboxylic acids is 2. The Kier molecular flexibility index (Phi) is 7.11. The van der Waals surface area contributed by atoms with E-state index in [1.165, 1.54) is 18.2 Å². The average Bonchev–Trinajstić information content (AvgIpc) is 2.59. The van der Waals surface area contributed by atoms with Crippen LogP contribution in [0.2, 0.25) is 0 Å². The maximum Gasteiger partial charge on any atom is 0.279 e. The summed E-state index contributed by atoms with van der Waals surface area (Å²) < 4.78 is 18.4. The monoisotopic (exact) mass is 360 g/mol. The molecule has 2 aromatic carbocycles. The van der Waals surface area contributed by atoms with E-state index in [4.69, 9.17) is 4.74 Å². The number of amides is 2. The van der Waals surface area contributed by atoms with Gasteiger partial charge in [-0.3, -0.25) is 9.59 Å². The molecule has 3 N–H and O–H groups in total. The minimum Gasteiger partial charge on any atom is -0.496 e. The zero-order valence-corrected chi connectivity index (χ0v) is 14.8. The first-order chi connectivity index (χ1) is 12.5. The molecule has 0 heterocycles. The Labute approximate surface area is 152 Å². The van der Waals surface area contributed by atoms with Crippen LogP contribution in [0.3, 0.4) is 0 Å². The van der Waals surface area contributed by atoms with Crippen LogP contribution < -0.4 is 20.3 Å². The number of rotatable bonds is 8. The molecule has 0 saturated heterocycles. The third-order valence-electron chi connectivity index (χ3n) is 3.70. The molecule has 0 aliphatic rings. The van der Waals surface area contributed by atoms with Gasteiger partial charge in [-0.15, -0.1) is 0 Å². The molecule has 0 aliphatic heterocycles. The van der Waals surface area contributed by atoms with Crippen LogP contribution in [0.5, 0.6) is 5.75 Å². The van der Waals surface area contributed by atoms with Crippen LogP contribution in [0, 0.1) is 5.82 Å². The van der Waals surface area contributed by atoms with E-state index in [-0.39, 0.29) is 24.9 Å². The summed E-state index contributed by atoms with van der Waals surface area (Å²) in [5.41, 5.74) is 1.27. The number of halogens is 1. The van der Waals surface area contributed by atoms with Crippen molar-refractivity contribution in [2.24, 2.45) is 0 Å². The molecule has 26 heavy (non-hydrogen) atoms. The highest BCUT2D eigenvalue weighted by molar-refractivity contribution is 5.91. The van der Waals surface area contributed by atoms with Gasteiger partial charge in [0, 0.05) is 17.8 Å². The molecule has 2 aromatic rings. The number of carbonyl (C=O) groups is 2. The van der Waals surface area contributed by atoms with Crippen molar-refractivity contribution in [3.63, 3.8) is 0 Å². The lowest BCUT2D eigenvalue weighted by molar-refractivity contribution is -0.862. The van der Waals surface area contributed by atoms with Gasteiger partial charge in [0.15, 0.2) is 13.1 Å². The van der Waals surface area contributed by atoms with Crippen LogP contribution in [0.25, 0.3) is 0 Å². The summed E-state index contributed by atoms with van der Waals surface area (Å²) in [5.74, 6) is -0.167. The number of hydrogen-bond donors (Lipinski definition) is 3. The molecule has 6 nitrogen and oxygen atoms in total. The highest BCUT2D eigenvalue weighted by Crippen LogP contribution is 2.16. The minimum absolute atomic E-state index is 0.0958. The third kappa shape index (κ3) is 6.18. The molecule has 0 radical (unpaired) electrons. The fourth-order valence-corrected chi connectivity index (χ4v) is 2.49. The lowest BCUT2D eigenvalue weighted by atomic mass is 10.2. The number of quaternary nitrogens is 1.